The molecule has 0 saturated carbocycles. The van der Waals surface area contributed by atoms with E-state index in [1.54, 1.807) is 11.0 Å². The van der Waals surface area contributed by atoms with Crippen molar-refractivity contribution in [2.75, 3.05) is 13.1 Å². The van der Waals surface area contributed by atoms with Crippen LogP contribution in [0.3, 0.4) is 0 Å². The van der Waals surface area contributed by atoms with Crippen molar-refractivity contribution in [3.8, 4) is 0 Å². The second kappa shape index (κ2) is 8.30. The van der Waals surface area contributed by atoms with Crippen molar-refractivity contribution in [3.63, 3.8) is 0 Å². The van der Waals surface area contributed by atoms with Crippen molar-refractivity contribution in [1.29, 1.82) is 0 Å². The monoisotopic (exact) mass is 380 g/mol. The Morgan fingerprint density at radius 2 is 2.04 bits per heavy atom. The number of rotatable bonds is 6. The molecule has 1 saturated heterocycles. The topological polar surface area (TPSA) is 103 Å². The van der Waals surface area contributed by atoms with Gasteiger partial charge in [-0.05, 0) is 44.0 Å². The van der Waals surface area contributed by atoms with E-state index in [1.165, 1.54) is 6.33 Å². The number of nitrogens with one attached hydrogen (secondary N) is 2. The van der Waals surface area contributed by atoms with Gasteiger partial charge in [0.1, 0.15) is 12.7 Å². The van der Waals surface area contributed by atoms with Crippen LogP contribution >= 0.6 is 0 Å². The summed E-state index contributed by atoms with van der Waals surface area (Å²) < 4.78 is 3.66. The quantitative estimate of drug-likeness (QED) is 0.663. The van der Waals surface area contributed by atoms with E-state index in [-0.39, 0.29) is 5.91 Å². The minimum absolute atomic E-state index is 0.201. The second-order valence-electron chi connectivity index (χ2n) is 6.99. The van der Waals surface area contributed by atoms with E-state index >= 15 is 0 Å². The van der Waals surface area contributed by atoms with E-state index < -0.39 is 0 Å². The van der Waals surface area contributed by atoms with Crippen molar-refractivity contribution in [2.45, 2.75) is 38.9 Å². The van der Waals surface area contributed by atoms with Gasteiger partial charge in [-0.15, -0.1) is 5.10 Å². The molecule has 1 aromatic carbocycles. The lowest BCUT2D eigenvalue weighted by Crippen LogP contribution is -2.30. The molecule has 1 aliphatic heterocycles. The number of amides is 1. The maximum absolute atomic E-state index is 12.7. The molecule has 0 unspecified atom stereocenters. The van der Waals surface area contributed by atoms with Crippen molar-refractivity contribution >= 4 is 5.91 Å². The van der Waals surface area contributed by atoms with Gasteiger partial charge in [0, 0.05) is 6.54 Å². The number of carbonyl (C=O) groups is 1. The van der Waals surface area contributed by atoms with E-state index in [9.17, 15) is 4.79 Å². The molecule has 146 valence electrons. The first kappa shape index (κ1) is 18.3. The summed E-state index contributed by atoms with van der Waals surface area (Å²) in [6.07, 6.45) is 5.19. The standard InChI is InChI=1S/C19H24N8O/c1-14-18(24-25-27(14)17-6-8-20-9-7-17)19(28)22-10-15-4-2-3-5-16(15)11-26-13-21-12-23-26/h2-5,12-13,17,20H,6-11H2,1H3,(H,22,28). The number of piperidine rings is 1. The number of carbonyl (C=O) groups excluding carboxylic acids is 1. The van der Waals surface area contributed by atoms with E-state index in [1.807, 2.05) is 35.9 Å². The van der Waals surface area contributed by atoms with Crippen LogP contribution < -0.4 is 10.6 Å². The van der Waals surface area contributed by atoms with Crippen LogP contribution in [0.1, 0.15) is 46.2 Å². The molecule has 9 nitrogen and oxygen atoms in total. The van der Waals surface area contributed by atoms with Gasteiger partial charge in [-0.2, -0.15) is 5.10 Å². The lowest BCUT2D eigenvalue weighted by Gasteiger charge is -2.23. The number of hydrogen-bond donors (Lipinski definition) is 2. The number of hydrogen-bond acceptors (Lipinski definition) is 6. The fourth-order valence-corrected chi connectivity index (χ4v) is 3.58. The van der Waals surface area contributed by atoms with E-state index in [4.69, 9.17) is 0 Å². The van der Waals surface area contributed by atoms with Crippen molar-refractivity contribution in [2.24, 2.45) is 0 Å². The lowest BCUT2D eigenvalue weighted by molar-refractivity contribution is 0.0945. The van der Waals surface area contributed by atoms with E-state index in [0.29, 0.717) is 24.8 Å². The first-order chi connectivity index (χ1) is 13.7. The van der Waals surface area contributed by atoms with E-state index in [2.05, 4.69) is 31.0 Å². The molecule has 9 heteroatoms. The predicted molar refractivity (Wildman–Crippen MR) is 103 cm³/mol. The Morgan fingerprint density at radius 3 is 2.79 bits per heavy atom. The average Bonchev–Trinajstić information content (AvgIpc) is 3.37. The summed E-state index contributed by atoms with van der Waals surface area (Å²) in [5.41, 5.74) is 3.34. The normalized spacial score (nSPS) is 14.9. The average molecular weight is 380 g/mol. The van der Waals surface area contributed by atoms with Crippen LogP contribution in [0.5, 0.6) is 0 Å². The van der Waals surface area contributed by atoms with Crippen molar-refractivity contribution in [1.82, 2.24) is 40.4 Å². The van der Waals surface area contributed by atoms with Crippen LogP contribution in [-0.2, 0) is 13.1 Å². The van der Waals surface area contributed by atoms with Gasteiger partial charge >= 0.3 is 0 Å². The summed E-state index contributed by atoms with van der Waals surface area (Å²) in [4.78, 5) is 16.7. The number of benzene rings is 1. The van der Waals surface area contributed by atoms with Gasteiger partial charge in [0.05, 0.1) is 18.3 Å². The van der Waals surface area contributed by atoms with Gasteiger partial charge < -0.3 is 10.6 Å². The van der Waals surface area contributed by atoms with Crippen molar-refractivity contribution in [3.05, 3.63) is 59.4 Å². The summed E-state index contributed by atoms with van der Waals surface area (Å²) in [5.74, 6) is -0.201. The first-order valence-corrected chi connectivity index (χ1v) is 9.52. The van der Waals surface area contributed by atoms with Crippen LogP contribution in [0, 0.1) is 6.92 Å². The molecule has 2 N–H and O–H groups in total. The fraction of sp³-hybridized carbons (Fsp3) is 0.421. The Balaban J connectivity index is 1.43. The minimum Gasteiger partial charge on any atom is -0.346 e. The Morgan fingerprint density at radius 1 is 1.25 bits per heavy atom. The molecule has 1 amide bonds. The van der Waals surface area contributed by atoms with Gasteiger partial charge in [-0.3, -0.25) is 4.79 Å². The smallest absolute Gasteiger partial charge is 0.274 e. The summed E-state index contributed by atoms with van der Waals surface area (Å²) in [5, 5.41) is 18.9. The zero-order chi connectivity index (χ0) is 19.3. The molecular weight excluding hydrogens is 356 g/mol. The maximum atomic E-state index is 12.7. The van der Waals surface area contributed by atoms with Crippen LogP contribution in [0.15, 0.2) is 36.9 Å². The molecule has 0 radical (unpaired) electrons. The highest BCUT2D eigenvalue weighted by atomic mass is 16.2. The van der Waals surface area contributed by atoms with E-state index in [0.717, 1.165) is 42.8 Å². The van der Waals surface area contributed by atoms with Gasteiger partial charge in [0.15, 0.2) is 5.69 Å². The highest BCUT2D eigenvalue weighted by Gasteiger charge is 2.22. The molecule has 0 bridgehead atoms. The SMILES string of the molecule is Cc1c(C(=O)NCc2ccccc2Cn2cncn2)nnn1C1CCNCC1. The summed E-state index contributed by atoms with van der Waals surface area (Å²) in [6.45, 7) is 4.87. The third-order valence-electron chi connectivity index (χ3n) is 5.15. The molecule has 1 fully saturated rings. The minimum atomic E-state index is -0.201. The molecule has 2 aromatic heterocycles. The summed E-state index contributed by atoms with van der Waals surface area (Å²) >= 11 is 0. The second-order valence-corrected chi connectivity index (χ2v) is 6.99. The van der Waals surface area contributed by atoms with Gasteiger partial charge in [-0.1, -0.05) is 29.5 Å². The molecule has 3 aromatic rings. The zero-order valence-corrected chi connectivity index (χ0v) is 15.9. The van der Waals surface area contributed by atoms with Crippen LogP contribution in [0.4, 0.5) is 0 Å². The molecular formula is C19H24N8O. The Labute approximate surface area is 163 Å². The molecule has 0 atom stereocenters. The third-order valence-corrected chi connectivity index (χ3v) is 5.15. The van der Waals surface area contributed by atoms with Crippen LogP contribution in [0.25, 0.3) is 0 Å². The Bertz CT molecular complexity index is 927. The highest BCUT2D eigenvalue weighted by Crippen LogP contribution is 2.20. The molecule has 1 aliphatic rings. The molecule has 0 aliphatic carbocycles. The van der Waals surface area contributed by atoms with Gasteiger partial charge in [0.2, 0.25) is 0 Å². The molecule has 3 heterocycles. The lowest BCUT2D eigenvalue weighted by atomic mass is 10.1. The van der Waals surface area contributed by atoms with Gasteiger partial charge in [0.25, 0.3) is 5.91 Å². The Kier molecular flexibility index (Phi) is 5.43. The molecule has 0 spiro atoms. The highest BCUT2D eigenvalue weighted by molar-refractivity contribution is 5.93. The molecule has 4 rings (SSSR count). The molecule has 28 heavy (non-hydrogen) atoms. The third kappa shape index (κ3) is 3.94. The predicted octanol–water partition coefficient (Wildman–Crippen LogP) is 1.08. The van der Waals surface area contributed by atoms with Crippen LogP contribution in [-0.4, -0.2) is 48.8 Å². The van der Waals surface area contributed by atoms with Gasteiger partial charge in [-0.25, -0.2) is 14.3 Å². The summed E-state index contributed by atoms with van der Waals surface area (Å²) in [7, 11) is 0. The Hall–Kier alpha value is -3.07. The fourth-order valence-electron chi connectivity index (χ4n) is 3.58. The van der Waals surface area contributed by atoms with Crippen LogP contribution in [0.2, 0.25) is 0 Å². The number of aromatic nitrogens is 6. The van der Waals surface area contributed by atoms with Crippen molar-refractivity contribution < 1.29 is 4.79 Å². The largest absolute Gasteiger partial charge is 0.346 e. The number of nitrogens with zero attached hydrogens (tertiary/aromatic N) is 6. The first-order valence-electron chi connectivity index (χ1n) is 9.52. The maximum Gasteiger partial charge on any atom is 0.274 e. The summed E-state index contributed by atoms with van der Waals surface area (Å²) in [6, 6.07) is 8.28. The zero-order valence-electron chi connectivity index (χ0n) is 15.9.